The topological polar surface area (TPSA) is 6.48 Å². The number of rotatable bonds is 12. The molecule has 0 fully saturated rings. The third-order valence-corrected chi connectivity index (χ3v) is 13.9. The van der Waals surface area contributed by atoms with Gasteiger partial charge in [-0.05, 0) is 159 Å². The quantitative estimate of drug-likeness (QED) is 0.113. The molecule has 2 heteroatoms. The first-order valence-electron chi connectivity index (χ1n) is 24.1. The van der Waals surface area contributed by atoms with Crippen LogP contribution in [0.15, 0.2) is 267 Å². The molecule has 0 aromatic heterocycles. The summed E-state index contributed by atoms with van der Waals surface area (Å²) >= 11 is 0. The normalized spacial score (nSPS) is 12.7. The Morgan fingerprint density at radius 3 is 1.00 bits per heavy atom. The van der Waals surface area contributed by atoms with Gasteiger partial charge in [-0.3, -0.25) is 0 Å². The maximum atomic E-state index is 2.38. The molecule has 1 aliphatic rings. The number of anilines is 6. The van der Waals surface area contributed by atoms with Crippen molar-refractivity contribution in [2.24, 2.45) is 0 Å². The van der Waals surface area contributed by atoms with Crippen molar-refractivity contribution in [3.8, 4) is 55.6 Å². The molecular weight excluding hydrogens is 833 g/mol. The average Bonchev–Trinajstić information content (AvgIpc) is 3.88. The van der Waals surface area contributed by atoms with Gasteiger partial charge in [0, 0.05) is 34.1 Å². The summed E-state index contributed by atoms with van der Waals surface area (Å²) in [6, 6.07) is 92.9. The monoisotopic (exact) mass is 886 g/mol. The van der Waals surface area contributed by atoms with Crippen LogP contribution in [-0.4, -0.2) is 0 Å². The lowest BCUT2D eigenvalue weighted by atomic mass is 9.80. The largest absolute Gasteiger partial charge is 0.311 e. The molecule has 332 valence electrons. The van der Waals surface area contributed by atoms with Crippen LogP contribution in [0, 0.1) is 6.92 Å². The van der Waals surface area contributed by atoms with Gasteiger partial charge >= 0.3 is 0 Å². The van der Waals surface area contributed by atoms with E-state index in [2.05, 4.69) is 291 Å². The Labute approximate surface area is 407 Å². The van der Waals surface area contributed by atoms with E-state index in [4.69, 9.17) is 0 Å². The van der Waals surface area contributed by atoms with Gasteiger partial charge in [-0.25, -0.2) is 0 Å². The van der Waals surface area contributed by atoms with Crippen molar-refractivity contribution < 1.29 is 0 Å². The van der Waals surface area contributed by atoms with Crippen LogP contribution in [0.1, 0.15) is 30.9 Å². The summed E-state index contributed by atoms with van der Waals surface area (Å²) in [6.45, 7) is 4.51. The van der Waals surface area contributed by atoms with Crippen molar-refractivity contribution in [3.05, 3.63) is 278 Å². The molecule has 0 heterocycles. The Hall–Kier alpha value is -8.46. The predicted octanol–water partition coefficient (Wildman–Crippen LogP) is 18.9. The van der Waals surface area contributed by atoms with Crippen LogP contribution in [0.25, 0.3) is 55.6 Å². The number of benzene rings is 10. The second-order valence-electron chi connectivity index (χ2n) is 18.5. The maximum Gasteiger partial charge on any atom is 0.0468 e. The maximum absolute atomic E-state index is 2.38. The van der Waals surface area contributed by atoms with Crippen LogP contribution in [0.4, 0.5) is 34.1 Å². The van der Waals surface area contributed by atoms with Gasteiger partial charge in [0.25, 0.3) is 0 Å². The number of aryl methyl sites for hydroxylation is 1. The van der Waals surface area contributed by atoms with Gasteiger partial charge < -0.3 is 9.80 Å². The molecule has 11 rings (SSSR count). The highest BCUT2D eigenvalue weighted by molar-refractivity contribution is 5.89. The van der Waals surface area contributed by atoms with E-state index in [1.54, 1.807) is 0 Å². The number of hydrogen-bond acceptors (Lipinski definition) is 2. The highest BCUT2D eigenvalue weighted by Gasteiger charge is 2.27. The van der Waals surface area contributed by atoms with E-state index in [9.17, 15) is 0 Å². The zero-order valence-electron chi connectivity index (χ0n) is 39.2. The second-order valence-corrected chi connectivity index (χ2v) is 18.5. The smallest absolute Gasteiger partial charge is 0.0468 e. The summed E-state index contributed by atoms with van der Waals surface area (Å²) in [7, 11) is 0. The van der Waals surface area contributed by atoms with Gasteiger partial charge in [-0.1, -0.05) is 207 Å². The first-order valence-corrected chi connectivity index (χ1v) is 24.1. The minimum absolute atomic E-state index is 0.151. The van der Waals surface area contributed by atoms with Crippen LogP contribution < -0.4 is 9.80 Å². The summed E-state index contributed by atoms with van der Waals surface area (Å²) in [5.74, 6) is 0. The molecular formula is C67H54N2. The van der Waals surface area contributed by atoms with E-state index in [1.807, 2.05) is 0 Å². The summed E-state index contributed by atoms with van der Waals surface area (Å²) in [5.41, 5.74) is 21.3. The Kier molecular flexibility index (Phi) is 11.9. The van der Waals surface area contributed by atoms with E-state index >= 15 is 0 Å². The minimum atomic E-state index is 0.151. The zero-order chi connectivity index (χ0) is 46.6. The molecule has 1 aliphatic carbocycles. The summed E-state index contributed by atoms with van der Waals surface area (Å²) in [5, 5.41) is 0. The molecule has 0 spiro atoms. The molecule has 69 heavy (non-hydrogen) atoms. The van der Waals surface area contributed by atoms with Gasteiger partial charge in [0.15, 0.2) is 0 Å². The first kappa shape index (κ1) is 43.1. The van der Waals surface area contributed by atoms with Gasteiger partial charge in [0.1, 0.15) is 0 Å². The fourth-order valence-corrected chi connectivity index (χ4v) is 9.90. The Balaban J connectivity index is 0.938. The van der Waals surface area contributed by atoms with E-state index in [-0.39, 0.29) is 5.41 Å². The molecule has 0 amide bonds. The van der Waals surface area contributed by atoms with Crippen molar-refractivity contribution in [2.75, 3.05) is 9.80 Å². The highest BCUT2D eigenvalue weighted by atomic mass is 15.1. The molecule has 0 aliphatic heterocycles. The molecule has 0 saturated carbocycles. The Bertz CT molecular complexity index is 3310. The molecule has 0 unspecified atom stereocenters. The lowest BCUT2D eigenvalue weighted by molar-refractivity contribution is 0.511. The van der Waals surface area contributed by atoms with Gasteiger partial charge in [-0.15, -0.1) is 0 Å². The molecule has 0 radical (unpaired) electrons. The van der Waals surface area contributed by atoms with Crippen LogP contribution in [0.3, 0.4) is 0 Å². The van der Waals surface area contributed by atoms with Crippen LogP contribution >= 0.6 is 0 Å². The lowest BCUT2D eigenvalue weighted by Crippen LogP contribution is -2.17. The zero-order valence-corrected chi connectivity index (χ0v) is 39.2. The Morgan fingerprint density at radius 2 is 0.594 bits per heavy atom. The van der Waals surface area contributed by atoms with Crippen LogP contribution in [-0.2, 0) is 5.41 Å². The van der Waals surface area contributed by atoms with Gasteiger partial charge in [0.2, 0.25) is 0 Å². The Morgan fingerprint density at radius 1 is 0.290 bits per heavy atom. The highest BCUT2D eigenvalue weighted by Crippen LogP contribution is 2.43. The summed E-state index contributed by atoms with van der Waals surface area (Å²) in [4.78, 5) is 4.75. The van der Waals surface area contributed by atoms with Gasteiger partial charge in [0.05, 0.1) is 0 Å². The third-order valence-electron chi connectivity index (χ3n) is 13.9. The molecule has 0 bridgehead atoms. The van der Waals surface area contributed by atoms with Crippen LogP contribution in [0.5, 0.6) is 0 Å². The minimum Gasteiger partial charge on any atom is -0.311 e. The number of allylic oxidation sites excluding steroid dienone is 2. The summed E-state index contributed by atoms with van der Waals surface area (Å²) in [6.07, 6.45) is 6.79. The molecule has 0 atom stereocenters. The second kappa shape index (κ2) is 19.0. The van der Waals surface area contributed by atoms with E-state index < -0.39 is 0 Å². The lowest BCUT2D eigenvalue weighted by Gasteiger charge is -2.28. The van der Waals surface area contributed by atoms with Crippen molar-refractivity contribution in [2.45, 2.75) is 32.1 Å². The average molecular weight is 887 g/mol. The van der Waals surface area contributed by atoms with Crippen molar-refractivity contribution in [1.82, 2.24) is 0 Å². The molecule has 0 saturated heterocycles. The fraction of sp³-hybridized carbons (Fsp3) is 0.0746. The molecule has 2 nitrogen and oxygen atoms in total. The van der Waals surface area contributed by atoms with Crippen molar-refractivity contribution >= 4 is 34.1 Å². The van der Waals surface area contributed by atoms with Crippen molar-refractivity contribution in [3.63, 3.8) is 0 Å². The molecule has 0 N–H and O–H groups in total. The third kappa shape index (κ3) is 9.06. The standard InChI is InChI=1S/C67H54N2/c1-49-20-22-51(23-21-49)53-26-34-59(35-27-53)68(63-42-32-58(33-43-63)67(2)46-12-13-47-67)60-36-28-54(29-37-60)55-30-40-62(41-31-55)69(61-38-24-52(25-39-61)50-14-6-3-7-15-50)64-44-45-65(56-16-8-4-9-17-56)66(48-64)57-18-10-5-11-19-57/h3-45,48H,46-47H2,1-2H3. The molecule has 10 aromatic carbocycles. The number of nitrogens with zero attached hydrogens (tertiary/aromatic N) is 2. The number of hydrogen-bond donors (Lipinski definition) is 0. The van der Waals surface area contributed by atoms with E-state index in [1.165, 1.54) is 55.6 Å². The fourth-order valence-electron chi connectivity index (χ4n) is 9.90. The molecule has 10 aromatic rings. The van der Waals surface area contributed by atoms with Gasteiger partial charge in [-0.2, -0.15) is 0 Å². The SMILES string of the molecule is Cc1ccc(-c2ccc(N(c3ccc(-c4ccc(N(c5ccc(-c6ccccc6)cc5)c5ccc(-c6ccccc6)c(-c6ccccc6)c5)cc4)cc3)c3ccc(C4(C)CC=CC4)cc3)cc2)cc1. The van der Waals surface area contributed by atoms with Crippen molar-refractivity contribution in [1.29, 1.82) is 0 Å². The predicted molar refractivity (Wildman–Crippen MR) is 293 cm³/mol. The van der Waals surface area contributed by atoms with Crippen LogP contribution in [0.2, 0.25) is 0 Å². The summed E-state index contributed by atoms with van der Waals surface area (Å²) < 4.78 is 0. The van der Waals surface area contributed by atoms with E-state index in [0.717, 1.165) is 58.1 Å². The van der Waals surface area contributed by atoms with E-state index in [0.29, 0.717) is 0 Å². The first-order chi connectivity index (χ1) is 34.0.